The predicted octanol–water partition coefficient (Wildman–Crippen LogP) is 4.21. The van der Waals surface area contributed by atoms with Crippen molar-refractivity contribution in [2.24, 2.45) is 0 Å². The predicted molar refractivity (Wildman–Crippen MR) is 92.0 cm³/mol. The molecule has 0 spiro atoms. The summed E-state index contributed by atoms with van der Waals surface area (Å²) in [5.41, 5.74) is 1.97. The van der Waals surface area contributed by atoms with Gasteiger partial charge in [0.2, 0.25) is 0 Å². The second-order valence-electron chi connectivity index (χ2n) is 6.59. The molecular weight excluding hydrogens is 318 g/mol. The maximum atomic E-state index is 10.7. The lowest BCUT2D eigenvalue weighted by atomic mass is 9.85. The summed E-state index contributed by atoms with van der Waals surface area (Å²) in [6, 6.07) is 13.6. The molecule has 0 radical (unpaired) electrons. The van der Waals surface area contributed by atoms with E-state index in [0.717, 1.165) is 5.56 Å². The van der Waals surface area contributed by atoms with Crippen molar-refractivity contribution < 1.29 is 9.66 Å². The van der Waals surface area contributed by atoms with Gasteiger partial charge in [0.25, 0.3) is 5.69 Å². The molecule has 0 unspecified atom stereocenters. The summed E-state index contributed by atoms with van der Waals surface area (Å²) in [5.74, 6) is 0.233. The Morgan fingerprint density at radius 3 is 2.00 bits per heavy atom. The minimum Gasteiger partial charge on any atom is -0.486 e. The van der Waals surface area contributed by atoms with Crippen LogP contribution in [-0.2, 0) is 12.0 Å². The summed E-state index contributed by atoms with van der Waals surface area (Å²) >= 11 is 0. The van der Waals surface area contributed by atoms with Crippen molar-refractivity contribution in [1.82, 2.24) is 0 Å². The summed E-state index contributed by atoms with van der Waals surface area (Å²) in [6.45, 7) is 6.11. The average molecular weight is 335 g/mol. The van der Waals surface area contributed by atoms with Gasteiger partial charge in [-0.2, -0.15) is 10.5 Å². The SMILES string of the molecule is CC(C)(C)c1cc(C#N)c(OCc2ccc([N+](=O)[O-])cc2)c(C#N)c1. The molecule has 2 aromatic carbocycles. The first-order valence-corrected chi connectivity index (χ1v) is 7.61. The number of nitro benzene ring substituents is 1. The molecule has 0 saturated heterocycles. The summed E-state index contributed by atoms with van der Waals surface area (Å²) < 4.78 is 5.69. The molecule has 25 heavy (non-hydrogen) atoms. The fraction of sp³-hybridized carbons (Fsp3) is 0.263. The van der Waals surface area contributed by atoms with Gasteiger partial charge in [0.1, 0.15) is 18.7 Å². The van der Waals surface area contributed by atoms with Crippen LogP contribution in [0.3, 0.4) is 0 Å². The Hall–Kier alpha value is -3.38. The van der Waals surface area contributed by atoms with E-state index in [0.29, 0.717) is 16.7 Å². The van der Waals surface area contributed by atoms with Gasteiger partial charge >= 0.3 is 0 Å². The Morgan fingerprint density at radius 1 is 1.08 bits per heavy atom. The van der Waals surface area contributed by atoms with Crippen LogP contribution in [0.25, 0.3) is 0 Å². The minimum absolute atomic E-state index is 0.00583. The van der Waals surface area contributed by atoms with Crippen molar-refractivity contribution in [3.05, 3.63) is 68.8 Å². The molecule has 0 amide bonds. The summed E-state index contributed by atoms with van der Waals surface area (Å²) in [7, 11) is 0. The topological polar surface area (TPSA) is 99.9 Å². The van der Waals surface area contributed by atoms with Gasteiger partial charge in [-0.05, 0) is 40.8 Å². The first kappa shape index (κ1) is 18.0. The number of rotatable bonds is 4. The zero-order chi connectivity index (χ0) is 18.6. The van der Waals surface area contributed by atoms with Gasteiger partial charge in [-0.1, -0.05) is 20.8 Å². The van der Waals surface area contributed by atoms with Gasteiger partial charge in [0.05, 0.1) is 16.1 Å². The van der Waals surface area contributed by atoms with E-state index in [1.54, 1.807) is 24.3 Å². The van der Waals surface area contributed by atoms with Crippen LogP contribution in [0.2, 0.25) is 0 Å². The molecule has 0 fully saturated rings. The van der Waals surface area contributed by atoms with E-state index in [1.807, 2.05) is 20.8 Å². The molecule has 0 saturated carbocycles. The molecule has 126 valence electrons. The van der Waals surface area contributed by atoms with Crippen LogP contribution in [0.4, 0.5) is 5.69 Å². The van der Waals surface area contributed by atoms with E-state index in [-0.39, 0.29) is 23.5 Å². The Kier molecular flexibility index (Phi) is 5.05. The van der Waals surface area contributed by atoms with Gasteiger partial charge in [-0.3, -0.25) is 10.1 Å². The number of hydrogen-bond acceptors (Lipinski definition) is 5. The monoisotopic (exact) mass is 335 g/mol. The molecule has 0 heterocycles. The Labute approximate surface area is 146 Å². The summed E-state index contributed by atoms with van der Waals surface area (Å²) in [4.78, 5) is 10.2. The zero-order valence-electron chi connectivity index (χ0n) is 14.2. The number of nitrogens with zero attached hydrogens (tertiary/aromatic N) is 3. The van der Waals surface area contributed by atoms with Gasteiger partial charge in [0.15, 0.2) is 5.75 Å². The minimum atomic E-state index is -0.475. The number of nitro groups is 1. The zero-order valence-corrected chi connectivity index (χ0v) is 14.2. The molecule has 6 heteroatoms. The molecule has 0 N–H and O–H groups in total. The molecule has 2 aromatic rings. The van der Waals surface area contributed by atoms with E-state index in [2.05, 4.69) is 12.1 Å². The second kappa shape index (κ2) is 7.02. The third kappa shape index (κ3) is 4.13. The number of benzene rings is 2. The highest BCUT2D eigenvalue weighted by Gasteiger charge is 2.20. The molecule has 0 aliphatic heterocycles. The van der Waals surface area contributed by atoms with Crippen LogP contribution >= 0.6 is 0 Å². The molecule has 0 atom stereocenters. The first-order valence-electron chi connectivity index (χ1n) is 7.61. The second-order valence-corrected chi connectivity index (χ2v) is 6.59. The van der Waals surface area contributed by atoms with Gasteiger partial charge in [-0.25, -0.2) is 0 Å². The summed E-state index contributed by atoms with van der Waals surface area (Å²) in [6.07, 6.45) is 0. The molecule has 0 aliphatic rings. The molecule has 0 aromatic heterocycles. The Bertz CT molecular complexity index is 847. The highest BCUT2D eigenvalue weighted by atomic mass is 16.6. The Balaban J connectivity index is 2.31. The molecule has 2 rings (SSSR count). The van der Waals surface area contributed by atoms with Gasteiger partial charge in [0, 0.05) is 12.1 Å². The third-order valence-corrected chi connectivity index (χ3v) is 3.73. The number of non-ortho nitro benzene ring substituents is 1. The van der Waals surface area contributed by atoms with Crippen LogP contribution in [0.15, 0.2) is 36.4 Å². The lowest BCUT2D eigenvalue weighted by Crippen LogP contribution is -2.12. The van der Waals surface area contributed by atoms with Crippen molar-refractivity contribution in [2.75, 3.05) is 0 Å². The Morgan fingerprint density at radius 2 is 1.60 bits per heavy atom. The van der Waals surface area contributed by atoms with Gasteiger partial charge in [-0.15, -0.1) is 0 Å². The fourth-order valence-electron chi connectivity index (χ4n) is 2.25. The number of hydrogen-bond donors (Lipinski definition) is 0. The van der Waals surface area contributed by atoms with E-state index in [4.69, 9.17) is 4.74 Å². The lowest BCUT2D eigenvalue weighted by molar-refractivity contribution is -0.384. The average Bonchev–Trinajstić information content (AvgIpc) is 2.58. The summed E-state index contributed by atoms with van der Waals surface area (Å²) in [5, 5.41) is 29.5. The lowest BCUT2D eigenvalue weighted by Gasteiger charge is -2.21. The smallest absolute Gasteiger partial charge is 0.269 e. The molecule has 0 aliphatic carbocycles. The normalized spacial score (nSPS) is 10.6. The fourth-order valence-corrected chi connectivity index (χ4v) is 2.25. The van der Waals surface area contributed by atoms with E-state index < -0.39 is 4.92 Å². The van der Waals surface area contributed by atoms with Crippen molar-refractivity contribution in [3.63, 3.8) is 0 Å². The quantitative estimate of drug-likeness (QED) is 0.615. The highest BCUT2D eigenvalue weighted by Crippen LogP contribution is 2.31. The largest absolute Gasteiger partial charge is 0.486 e. The van der Waals surface area contributed by atoms with Gasteiger partial charge < -0.3 is 4.74 Å². The van der Waals surface area contributed by atoms with Crippen LogP contribution < -0.4 is 4.74 Å². The molecule has 6 nitrogen and oxygen atoms in total. The van der Waals surface area contributed by atoms with E-state index in [9.17, 15) is 20.6 Å². The number of nitriles is 2. The van der Waals surface area contributed by atoms with Crippen LogP contribution in [0.1, 0.15) is 43.0 Å². The third-order valence-electron chi connectivity index (χ3n) is 3.73. The van der Waals surface area contributed by atoms with E-state index in [1.165, 1.54) is 12.1 Å². The van der Waals surface area contributed by atoms with Crippen molar-refractivity contribution in [2.45, 2.75) is 32.8 Å². The first-order chi connectivity index (χ1) is 11.8. The van der Waals surface area contributed by atoms with Crippen LogP contribution in [0.5, 0.6) is 5.75 Å². The van der Waals surface area contributed by atoms with Crippen LogP contribution in [0, 0.1) is 32.8 Å². The van der Waals surface area contributed by atoms with Crippen molar-refractivity contribution >= 4 is 5.69 Å². The number of ether oxygens (including phenoxy) is 1. The van der Waals surface area contributed by atoms with E-state index >= 15 is 0 Å². The van der Waals surface area contributed by atoms with Crippen molar-refractivity contribution in [3.8, 4) is 17.9 Å². The molecule has 0 bridgehead atoms. The highest BCUT2D eigenvalue weighted by molar-refractivity contribution is 5.56. The van der Waals surface area contributed by atoms with Crippen LogP contribution in [-0.4, -0.2) is 4.92 Å². The molecular formula is C19H17N3O3. The maximum Gasteiger partial charge on any atom is 0.269 e. The van der Waals surface area contributed by atoms with Crippen molar-refractivity contribution in [1.29, 1.82) is 10.5 Å². The maximum absolute atomic E-state index is 10.7. The standard InChI is InChI=1S/C19H17N3O3/c1-19(2,3)16-8-14(10-20)18(15(9-16)11-21)25-12-13-4-6-17(7-5-13)22(23)24/h4-9H,12H2,1-3H3.